The fourth-order valence-electron chi connectivity index (χ4n) is 2.66. The van der Waals surface area contributed by atoms with Crippen LogP contribution in [0, 0.1) is 5.92 Å². The zero-order chi connectivity index (χ0) is 19.1. The maximum atomic E-state index is 12.3. The van der Waals surface area contributed by atoms with E-state index in [1.54, 1.807) is 6.92 Å². The van der Waals surface area contributed by atoms with Gasteiger partial charge in [0.1, 0.15) is 5.00 Å². The van der Waals surface area contributed by atoms with Crippen molar-refractivity contribution in [3.63, 3.8) is 0 Å². The summed E-state index contributed by atoms with van der Waals surface area (Å²) < 4.78 is 15.3. The SMILES string of the molecule is CCOC(=O)c1c(CC(C)C)csc1NC(=O)COC(=O)[C@@H]1CCCO1. The summed E-state index contributed by atoms with van der Waals surface area (Å²) in [4.78, 5) is 36.2. The number of thiophene rings is 1. The number of amides is 1. The fourth-order valence-corrected chi connectivity index (χ4v) is 3.64. The molecule has 7 nitrogen and oxygen atoms in total. The van der Waals surface area contributed by atoms with Gasteiger partial charge in [0.15, 0.2) is 12.7 Å². The Kier molecular flexibility index (Phi) is 7.59. The molecule has 1 amide bonds. The lowest BCUT2D eigenvalue weighted by Crippen LogP contribution is -2.27. The van der Waals surface area contributed by atoms with Crippen LogP contribution in [-0.2, 0) is 30.2 Å². The van der Waals surface area contributed by atoms with Crippen molar-refractivity contribution in [2.24, 2.45) is 5.92 Å². The Bertz CT molecular complexity index is 648. The Morgan fingerprint density at radius 1 is 1.35 bits per heavy atom. The summed E-state index contributed by atoms with van der Waals surface area (Å²) in [5.41, 5.74) is 1.22. The zero-order valence-electron chi connectivity index (χ0n) is 15.3. The Hall–Kier alpha value is -1.93. The fraction of sp³-hybridized carbons (Fsp3) is 0.611. The van der Waals surface area contributed by atoms with E-state index in [0.29, 0.717) is 35.9 Å². The van der Waals surface area contributed by atoms with E-state index in [1.807, 2.05) is 5.38 Å². The molecule has 2 rings (SSSR count). The van der Waals surface area contributed by atoms with Crippen LogP contribution < -0.4 is 5.32 Å². The first-order valence-corrected chi connectivity index (χ1v) is 9.65. The number of carbonyl (C=O) groups is 3. The molecule has 1 saturated heterocycles. The molecule has 1 aromatic heterocycles. The normalized spacial score (nSPS) is 16.5. The second-order valence-electron chi connectivity index (χ2n) is 6.44. The van der Waals surface area contributed by atoms with E-state index in [0.717, 1.165) is 12.0 Å². The van der Waals surface area contributed by atoms with Gasteiger partial charge >= 0.3 is 11.9 Å². The lowest BCUT2D eigenvalue weighted by atomic mass is 10.0. The first kappa shape index (κ1) is 20.4. The second kappa shape index (κ2) is 9.68. The summed E-state index contributed by atoms with van der Waals surface area (Å²) in [6, 6.07) is 0. The van der Waals surface area contributed by atoms with Crippen LogP contribution in [0.15, 0.2) is 5.38 Å². The van der Waals surface area contributed by atoms with E-state index in [-0.39, 0.29) is 6.61 Å². The molecule has 0 unspecified atom stereocenters. The van der Waals surface area contributed by atoms with Crippen LogP contribution in [0.25, 0.3) is 0 Å². The number of nitrogens with one attached hydrogen (secondary N) is 1. The number of anilines is 1. The molecule has 1 N–H and O–H groups in total. The van der Waals surface area contributed by atoms with Gasteiger partial charge in [-0.2, -0.15) is 0 Å². The van der Waals surface area contributed by atoms with E-state index < -0.39 is 30.6 Å². The smallest absolute Gasteiger partial charge is 0.341 e. The van der Waals surface area contributed by atoms with Crippen molar-refractivity contribution < 1.29 is 28.6 Å². The number of ether oxygens (including phenoxy) is 3. The molecule has 0 spiro atoms. The van der Waals surface area contributed by atoms with Crippen LogP contribution in [-0.4, -0.2) is 43.8 Å². The van der Waals surface area contributed by atoms with Crippen molar-refractivity contribution in [2.75, 3.05) is 25.1 Å². The van der Waals surface area contributed by atoms with Crippen molar-refractivity contribution in [1.29, 1.82) is 0 Å². The molecule has 0 radical (unpaired) electrons. The molecule has 1 aliphatic heterocycles. The summed E-state index contributed by atoms with van der Waals surface area (Å²) in [7, 11) is 0. The van der Waals surface area contributed by atoms with E-state index in [2.05, 4.69) is 19.2 Å². The Morgan fingerprint density at radius 2 is 2.12 bits per heavy atom. The van der Waals surface area contributed by atoms with Gasteiger partial charge in [0.25, 0.3) is 5.91 Å². The lowest BCUT2D eigenvalue weighted by molar-refractivity contribution is -0.156. The first-order chi connectivity index (χ1) is 12.4. The van der Waals surface area contributed by atoms with Crippen molar-refractivity contribution in [3.05, 3.63) is 16.5 Å². The highest BCUT2D eigenvalue weighted by molar-refractivity contribution is 7.15. The zero-order valence-corrected chi connectivity index (χ0v) is 16.1. The minimum absolute atomic E-state index is 0.252. The minimum atomic E-state index is -0.586. The highest BCUT2D eigenvalue weighted by atomic mass is 32.1. The van der Waals surface area contributed by atoms with Crippen molar-refractivity contribution in [2.45, 2.75) is 46.1 Å². The molecule has 0 aliphatic carbocycles. The number of hydrogen-bond donors (Lipinski definition) is 1. The Morgan fingerprint density at radius 3 is 2.73 bits per heavy atom. The molecular weight excluding hydrogens is 358 g/mol. The predicted molar refractivity (Wildman–Crippen MR) is 97.4 cm³/mol. The average Bonchev–Trinajstić information content (AvgIpc) is 3.23. The van der Waals surface area contributed by atoms with Crippen molar-refractivity contribution in [3.8, 4) is 0 Å². The molecule has 2 heterocycles. The van der Waals surface area contributed by atoms with E-state index in [1.165, 1.54) is 11.3 Å². The maximum absolute atomic E-state index is 12.3. The average molecular weight is 383 g/mol. The quantitative estimate of drug-likeness (QED) is 0.694. The molecule has 8 heteroatoms. The highest BCUT2D eigenvalue weighted by Gasteiger charge is 2.26. The highest BCUT2D eigenvalue weighted by Crippen LogP contribution is 2.31. The van der Waals surface area contributed by atoms with Gasteiger partial charge < -0.3 is 19.5 Å². The summed E-state index contributed by atoms with van der Waals surface area (Å²) in [6.45, 7) is 6.20. The van der Waals surface area contributed by atoms with Gasteiger partial charge in [0, 0.05) is 6.61 Å². The van der Waals surface area contributed by atoms with Crippen LogP contribution >= 0.6 is 11.3 Å². The molecular formula is C18H25NO6S. The first-order valence-electron chi connectivity index (χ1n) is 8.77. The van der Waals surface area contributed by atoms with Crippen LogP contribution in [0.2, 0.25) is 0 Å². The third kappa shape index (κ3) is 5.54. The molecule has 1 fully saturated rings. The molecule has 0 saturated carbocycles. The molecule has 1 aliphatic rings. The van der Waals surface area contributed by atoms with Gasteiger partial charge in [-0.3, -0.25) is 4.79 Å². The van der Waals surface area contributed by atoms with Crippen LogP contribution in [0.1, 0.15) is 49.5 Å². The molecule has 1 atom stereocenters. The molecule has 0 aromatic carbocycles. The third-order valence-electron chi connectivity index (χ3n) is 3.77. The topological polar surface area (TPSA) is 90.9 Å². The third-order valence-corrected chi connectivity index (χ3v) is 4.71. The van der Waals surface area contributed by atoms with E-state index in [9.17, 15) is 14.4 Å². The molecule has 1 aromatic rings. The van der Waals surface area contributed by atoms with Gasteiger partial charge in [0.05, 0.1) is 12.2 Å². The largest absolute Gasteiger partial charge is 0.462 e. The summed E-state index contributed by atoms with van der Waals surface area (Å²) in [5, 5.41) is 4.91. The number of esters is 2. The van der Waals surface area contributed by atoms with Crippen LogP contribution in [0.4, 0.5) is 5.00 Å². The number of hydrogen-bond acceptors (Lipinski definition) is 7. The summed E-state index contributed by atoms with van der Waals surface area (Å²) in [6.07, 6.45) is 1.53. The van der Waals surface area contributed by atoms with Gasteiger partial charge in [-0.05, 0) is 43.0 Å². The molecule has 26 heavy (non-hydrogen) atoms. The lowest BCUT2D eigenvalue weighted by Gasteiger charge is -2.11. The van der Waals surface area contributed by atoms with Crippen molar-refractivity contribution >= 4 is 34.2 Å². The predicted octanol–water partition coefficient (Wildman–Crippen LogP) is 2.78. The number of carbonyl (C=O) groups excluding carboxylic acids is 3. The monoisotopic (exact) mass is 383 g/mol. The van der Waals surface area contributed by atoms with Crippen molar-refractivity contribution in [1.82, 2.24) is 0 Å². The number of rotatable bonds is 8. The maximum Gasteiger partial charge on any atom is 0.341 e. The second-order valence-corrected chi connectivity index (χ2v) is 7.32. The molecule has 0 bridgehead atoms. The van der Waals surface area contributed by atoms with Gasteiger partial charge in [-0.15, -0.1) is 11.3 Å². The van der Waals surface area contributed by atoms with Gasteiger partial charge in [-0.1, -0.05) is 13.8 Å². The van der Waals surface area contributed by atoms with E-state index >= 15 is 0 Å². The Labute approximate surface area is 157 Å². The minimum Gasteiger partial charge on any atom is -0.462 e. The van der Waals surface area contributed by atoms with E-state index in [4.69, 9.17) is 14.2 Å². The van der Waals surface area contributed by atoms with Gasteiger partial charge in [0.2, 0.25) is 0 Å². The molecule has 144 valence electrons. The standard InChI is InChI=1S/C18H25NO6S/c1-4-23-18(22)15-12(8-11(2)3)10-26-16(15)19-14(20)9-25-17(21)13-6-5-7-24-13/h10-11,13H,4-9H2,1-3H3,(H,19,20)/t13-/m0/s1. The summed E-state index contributed by atoms with van der Waals surface area (Å²) in [5.74, 6) is -1.14. The van der Waals surface area contributed by atoms with Crippen LogP contribution in [0.3, 0.4) is 0 Å². The summed E-state index contributed by atoms with van der Waals surface area (Å²) >= 11 is 1.26. The van der Waals surface area contributed by atoms with Gasteiger partial charge in [-0.25, -0.2) is 9.59 Å². The van der Waals surface area contributed by atoms with Crippen LogP contribution in [0.5, 0.6) is 0 Å². The Balaban J connectivity index is 2.00.